The van der Waals surface area contributed by atoms with Crippen molar-refractivity contribution in [3.8, 4) is 0 Å². The van der Waals surface area contributed by atoms with Gasteiger partial charge in [-0.15, -0.1) is 0 Å². The maximum absolute atomic E-state index is 11.0. The van der Waals surface area contributed by atoms with Crippen LogP contribution < -0.4 is 29.6 Å². The van der Waals surface area contributed by atoms with Crippen molar-refractivity contribution in [2.75, 3.05) is 0 Å². The summed E-state index contributed by atoms with van der Waals surface area (Å²) in [6.45, 7) is 4.15. The van der Waals surface area contributed by atoms with Gasteiger partial charge in [-0.05, 0) is 12.8 Å². The number of hydrogen-bond acceptors (Lipinski definition) is 3. The molecule has 0 N–H and O–H groups in total. The third kappa shape index (κ3) is 11.7. The van der Waals surface area contributed by atoms with Crippen LogP contribution in [0.5, 0.6) is 0 Å². The Kier molecular flexibility index (Phi) is 14.2. The van der Waals surface area contributed by atoms with Crippen molar-refractivity contribution in [1.29, 1.82) is 0 Å². The molecular weight excluding hydrogens is 247 g/mol. The molecule has 98 valence electrons. The molecule has 5 heteroatoms. The molecule has 0 heterocycles. The van der Waals surface area contributed by atoms with E-state index in [2.05, 4.69) is 6.92 Å². The van der Waals surface area contributed by atoms with Crippen LogP contribution in [0, 0.1) is 0 Å². The Morgan fingerprint density at radius 2 is 1.35 bits per heavy atom. The van der Waals surface area contributed by atoms with Crippen molar-refractivity contribution in [1.82, 2.24) is 0 Å². The Hall–Kier alpha value is 0.910. The molecule has 1 unspecified atom stereocenters. The first kappa shape index (κ1) is 20.2. The first-order valence-electron chi connectivity index (χ1n) is 6.47. The maximum atomic E-state index is 11.0. The van der Waals surface area contributed by atoms with Crippen LogP contribution in [0.1, 0.15) is 71.6 Å². The maximum Gasteiger partial charge on any atom is 1.00 e. The fraction of sp³-hybridized carbons (Fsp3) is 1.00. The van der Waals surface area contributed by atoms with Gasteiger partial charge in [0.15, 0.2) is 0 Å². The predicted octanol–water partition coefficient (Wildman–Crippen LogP) is 0.455. The summed E-state index contributed by atoms with van der Waals surface area (Å²) in [5.41, 5.74) is 0. The minimum Gasteiger partial charge on any atom is -0.748 e. The van der Waals surface area contributed by atoms with E-state index in [0.717, 1.165) is 32.1 Å². The second-order valence-electron chi connectivity index (χ2n) is 4.46. The van der Waals surface area contributed by atoms with Crippen LogP contribution in [0.25, 0.3) is 0 Å². The molecule has 0 saturated carbocycles. The van der Waals surface area contributed by atoms with Gasteiger partial charge in [-0.25, -0.2) is 8.42 Å². The van der Waals surface area contributed by atoms with Crippen molar-refractivity contribution < 1.29 is 42.5 Å². The van der Waals surface area contributed by atoms with E-state index in [1.807, 2.05) is 6.92 Å². The molecule has 0 amide bonds. The molecule has 17 heavy (non-hydrogen) atoms. The first-order valence-corrected chi connectivity index (χ1v) is 7.94. The molecule has 0 aliphatic heterocycles. The van der Waals surface area contributed by atoms with Crippen LogP contribution in [0.15, 0.2) is 0 Å². The van der Waals surface area contributed by atoms with E-state index >= 15 is 0 Å². The van der Waals surface area contributed by atoms with Gasteiger partial charge in [-0.2, -0.15) is 0 Å². The van der Waals surface area contributed by atoms with Gasteiger partial charge in [0.2, 0.25) is 0 Å². The molecule has 0 bridgehead atoms. The van der Waals surface area contributed by atoms with E-state index in [9.17, 15) is 13.0 Å². The predicted molar refractivity (Wildman–Crippen MR) is 66.4 cm³/mol. The van der Waals surface area contributed by atoms with Gasteiger partial charge < -0.3 is 4.55 Å². The average Bonchev–Trinajstić information content (AvgIpc) is 2.20. The SMILES string of the molecule is CCCCCCCC(CCCC)S(=O)(=O)[O-].[Na+]. The Balaban J connectivity index is 0. The topological polar surface area (TPSA) is 57.2 Å². The minimum atomic E-state index is -4.08. The van der Waals surface area contributed by atoms with Gasteiger partial charge in [0.25, 0.3) is 0 Å². The summed E-state index contributed by atoms with van der Waals surface area (Å²) >= 11 is 0. The van der Waals surface area contributed by atoms with Crippen LogP contribution in [0.3, 0.4) is 0 Å². The molecule has 0 saturated heterocycles. The van der Waals surface area contributed by atoms with E-state index < -0.39 is 15.4 Å². The van der Waals surface area contributed by atoms with Gasteiger partial charge in [-0.1, -0.05) is 58.8 Å². The molecule has 0 aromatic carbocycles. The van der Waals surface area contributed by atoms with Crippen molar-refractivity contribution in [2.24, 2.45) is 0 Å². The Morgan fingerprint density at radius 1 is 0.882 bits per heavy atom. The van der Waals surface area contributed by atoms with E-state index in [1.165, 1.54) is 12.8 Å². The van der Waals surface area contributed by atoms with Crippen LogP contribution in [-0.2, 0) is 10.1 Å². The number of rotatable bonds is 10. The Labute approximate surface area is 129 Å². The summed E-state index contributed by atoms with van der Waals surface area (Å²) in [6.07, 6.45) is 8.31. The van der Waals surface area contributed by atoms with Gasteiger partial charge in [0.05, 0.1) is 10.1 Å². The Bertz CT molecular complexity index is 252. The molecule has 0 rings (SSSR count). The molecule has 0 aromatic heterocycles. The Morgan fingerprint density at radius 3 is 1.82 bits per heavy atom. The zero-order valence-corrected chi connectivity index (χ0v) is 14.4. The summed E-state index contributed by atoms with van der Waals surface area (Å²) in [5.74, 6) is 0. The fourth-order valence-electron chi connectivity index (χ4n) is 1.84. The third-order valence-corrected chi connectivity index (χ3v) is 4.21. The van der Waals surface area contributed by atoms with Gasteiger partial charge in [-0.3, -0.25) is 0 Å². The first-order chi connectivity index (χ1) is 7.52. The fourth-order valence-corrected chi connectivity index (χ4v) is 2.75. The second-order valence-corrected chi connectivity index (χ2v) is 6.11. The molecule has 0 fully saturated rings. The standard InChI is InChI=1S/C12H26O3S.Na/c1-3-5-7-8-9-11-12(10-6-4-2)16(13,14)15;/h12H,3-11H2,1-2H3,(H,13,14,15);/q;+1/p-1. The van der Waals surface area contributed by atoms with Crippen LogP contribution in [0.2, 0.25) is 0 Å². The second kappa shape index (κ2) is 12.0. The molecule has 3 nitrogen and oxygen atoms in total. The van der Waals surface area contributed by atoms with Gasteiger partial charge in [0, 0.05) is 5.25 Å². The molecule has 0 aliphatic rings. The van der Waals surface area contributed by atoms with Gasteiger partial charge >= 0.3 is 29.6 Å². The summed E-state index contributed by atoms with van der Waals surface area (Å²) in [5, 5.41) is -0.644. The van der Waals surface area contributed by atoms with Crippen molar-refractivity contribution in [3.05, 3.63) is 0 Å². The number of unbranched alkanes of at least 4 members (excludes halogenated alkanes) is 5. The van der Waals surface area contributed by atoms with Crippen molar-refractivity contribution in [3.63, 3.8) is 0 Å². The molecule has 0 spiro atoms. The quantitative estimate of drug-likeness (QED) is 0.330. The summed E-state index contributed by atoms with van der Waals surface area (Å²) in [7, 11) is -4.08. The normalized spacial score (nSPS) is 13.1. The molecule has 1 atom stereocenters. The monoisotopic (exact) mass is 272 g/mol. The molecule has 0 aromatic rings. The van der Waals surface area contributed by atoms with E-state index in [-0.39, 0.29) is 29.6 Å². The van der Waals surface area contributed by atoms with E-state index in [0.29, 0.717) is 12.8 Å². The third-order valence-electron chi connectivity index (χ3n) is 2.92. The van der Waals surface area contributed by atoms with E-state index in [4.69, 9.17) is 0 Å². The summed E-state index contributed by atoms with van der Waals surface area (Å²) < 4.78 is 33.0. The molecule has 0 aliphatic carbocycles. The van der Waals surface area contributed by atoms with Crippen LogP contribution in [-0.4, -0.2) is 18.2 Å². The molecular formula is C12H25NaO3S. The van der Waals surface area contributed by atoms with Crippen molar-refractivity contribution in [2.45, 2.75) is 76.9 Å². The average molecular weight is 272 g/mol. The summed E-state index contributed by atoms with van der Waals surface area (Å²) in [4.78, 5) is 0. The zero-order valence-electron chi connectivity index (χ0n) is 11.6. The summed E-state index contributed by atoms with van der Waals surface area (Å²) in [6, 6.07) is 0. The van der Waals surface area contributed by atoms with Crippen LogP contribution in [0.4, 0.5) is 0 Å². The smallest absolute Gasteiger partial charge is 0.748 e. The van der Waals surface area contributed by atoms with Crippen molar-refractivity contribution >= 4 is 10.1 Å². The minimum absolute atomic E-state index is 0. The van der Waals surface area contributed by atoms with Gasteiger partial charge in [0.1, 0.15) is 0 Å². The number of hydrogen-bond donors (Lipinski definition) is 0. The van der Waals surface area contributed by atoms with E-state index in [1.54, 1.807) is 0 Å². The largest absolute Gasteiger partial charge is 1.00 e. The zero-order chi connectivity index (χ0) is 12.4. The van der Waals surface area contributed by atoms with Crippen LogP contribution >= 0.6 is 0 Å². The molecule has 0 radical (unpaired) electrons.